The van der Waals surface area contributed by atoms with Gasteiger partial charge in [0.25, 0.3) is 0 Å². The molecule has 1 heterocycles. The standard InChI is InChI=1S/C13H15Cl2N3S/c1-8(2)6-16-7-12-13(17-18-19-12)10-4-3-9(14)5-11(10)15/h3-5,8,16H,6-7H2,1-2H3. The normalized spacial score (nSPS) is 11.2. The van der Waals surface area contributed by atoms with E-state index in [4.69, 9.17) is 23.2 Å². The molecule has 0 saturated heterocycles. The van der Waals surface area contributed by atoms with Crippen molar-refractivity contribution in [3.63, 3.8) is 0 Å². The van der Waals surface area contributed by atoms with Gasteiger partial charge in [-0.3, -0.25) is 0 Å². The van der Waals surface area contributed by atoms with Crippen molar-refractivity contribution in [1.29, 1.82) is 0 Å². The first-order chi connectivity index (χ1) is 9.08. The highest BCUT2D eigenvalue weighted by Gasteiger charge is 2.13. The fourth-order valence-corrected chi connectivity index (χ4v) is 2.81. The Morgan fingerprint density at radius 2 is 2.11 bits per heavy atom. The Bertz CT molecular complexity index is 555. The zero-order chi connectivity index (χ0) is 13.8. The molecule has 1 aromatic heterocycles. The minimum atomic E-state index is 0.602. The lowest BCUT2D eigenvalue weighted by atomic mass is 10.1. The van der Waals surface area contributed by atoms with E-state index in [0.717, 1.165) is 29.2 Å². The Kier molecular flexibility index (Phi) is 5.16. The van der Waals surface area contributed by atoms with Crippen LogP contribution in [0.15, 0.2) is 18.2 Å². The van der Waals surface area contributed by atoms with Crippen LogP contribution in [0.2, 0.25) is 10.0 Å². The molecule has 0 atom stereocenters. The molecule has 0 aliphatic rings. The van der Waals surface area contributed by atoms with Crippen LogP contribution in [0.3, 0.4) is 0 Å². The van der Waals surface area contributed by atoms with Crippen molar-refractivity contribution >= 4 is 34.7 Å². The first kappa shape index (κ1) is 14.7. The van der Waals surface area contributed by atoms with Crippen LogP contribution in [0.5, 0.6) is 0 Å². The molecular formula is C13H15Cl2N3S. The molecule has 0 radical (unpaired) electrons. The van der Waals surface area contributed by atoms with Crippen LogP contribution in [-0.4, -0.2) is 16.1 Å². The molecule has 2 rings (SSSR count). The molecule has 102 valence electrons. The second kappa shape index (κ2) is 6.66. The van der Waals surface area contributed by atoms with Crippen molar-refractivity contribution in [2.75, 3.05) is 6.54 Å². The second-order valence-corrected chi connectivity index (χ2v) is 6.38. The van der Waals surface area contributed by atoms with Gasteiger partial charge in [0.15, 0.2) is 0 Å². The average Bonchev–Trinajstić information content (AvgIpc) is 2.77. The fraction of sp³-hybridized carbons (Fsp3) is 0.385. The molecule has 2 aromatic rings. The molecule has 1 N–H and O–H groups in total. The molecule has 0 aliphatic heterocycles. The van der Waals surface area contributed by atoms with Gasteiger partial charge in [-0.2, -0.15) is 0 Å². The first-order valence-electron chi connectivity index (χ1n) is 6.05. The van der Waals surface area contributed by atoms with Crippen LogP contribution in [-0.2, 0) is 6.54 Å². The van der Waals surface area contributed by atoms with Crippen molar-refractivity contribution in [1.82, 2.24) is 14.9 Å². The highest BCUT2D eigenvalue weighted by atomic mass is 35.5. The summed E-state index contributed by atoms with van der Waals surface area (Å²) in [4.78, 5) is 1.09. The Morgan fingerprint density at radius 1 is 1.32 bits per heavy atom. The third-order valence-corrected chi connectivity index (χ3v) is 3.85. The quantitative estimate of drug-likeness (QED) is 0.896. The second-order valence-electron chi connectivity index (χ2n) is 4.69. The maximum Gasteiger partial charge on any atom is 0.111 e. The number of halogens is 2. The molecule has 0 bridgehead atoms. The zero-order valence-electron chi connectivity index (χ0n) is 10.8. The molecule has 3 nitrogen and oxygen atoms in total. The van der Waals surface area contributed by atoms with Crippen LogP contribution < -0.4 is 5.32 Å². The number of nitrogens with one attached hydrogen (secondary N) is 1. The first-order valence-corrected chi connectivity index (χ1v) is 7.58. The van der Waals surface area contributed by atoms with Crippen molar-refractivity contribution in [3.8, 4) is 11.3 Å². The number of nitrogens with zero attached hydrogens (tertiary/aromatic N) is 2. The summed E-state index contributed by atoms with van der Waals surface area (Å²) in [6, 6.07) is 5.42. The molecule has 19 heavy (non-hydrogen) atoms. The summed E-state index contributed by atoms with van der Waals surface area (Å²) in [6.07, 6.45) is 0. The Balaban J connectivity index is 2.19. The van der Waals surface area contributed by atoms with Crippen LogP contribution >= 0.6 is 34.7 Å². The molecule has 6 heteroatoms. The minimum Gasteiger partial charge on any atom is -0.311 e. The van der Waals surface area contributed by atoms with Crippen molar-refractivity contribution in [3.05, 3.63) is 33.1 Å². The summed E-state index contributed by atoms with van der Waals surface area (Å²) in [7, 11) is 0. The number of hydrogen-bond acceptors (Lipinski definition) is 4. The third kappa shape index (κ3) is 3.89. The zero-order valence-corrected chi connectivity index (χ0v) is 13.1. The van der Waals surface area contributed by atoms with E-state index in [1.807, 2.05) is 12.1 Å². The Morgan fingerprint density at radius 3 is 2.79 bits per heavy atom. The molecule has 0 saturated carbocycles. The van der Waals surface area contributed by atoms with Gasteiger partial charge < -0.3 is 5.32 Å². The smallest absolute Gasteiger partial charge is 0.111 e. The SMILES string of the molecule is CC(C)CNCc1snnc1-c1ccc(Cl)cc1Cl. The van der Waals surface area contributed by atoms with Crippen LogP contribution in [0.25, 0.3) is 11.3 Å². The van der Waals surface area contributed by atoms with E-state index in [-0.39, 0.29) is 0 Å². The number of benzene rings is 1. The molecule has 1 aromatic carbocycles. The maximum absolute atomic E-state index is 6.21. The van der Waals surface area contributed by atoms with Crippen molar-refractivity contribution in [2.24, 2.45) is 5.92 Å². The fourth-order valence-electron chi connectivity index (χ4n) is 1.69. The highest BCUT2D eigenvalue weighted by molar-refractivity contribution is 7.06. The van der Waals surface area contributed by atoms with E-state index >= 15 is 0 Å². The van der Waals surface area contributed by atoms with Gasteiger partial charge >= 0.3 is 0 Å². The average molecular weight is 316 g/mol. The van der Waals surface area contributed by atoms with E-state index in [1.165, 1.54) is 11.5 Å². The summed E-state index contributed by atoms with van der Waals surface area (Å²) < 4.78 is 4.02. The lowest BCUT2D eigenvalue weighted by Gasteiger charge is -2.07. The summed E-state index contributed by atoms with van der Waals surface area (Å²) in [5.74, 6) is 0.614. The third-order valence-electron chi connectivity index (χ3n) is 2.58. The topological polar surface area (TPSA) is 37.8 Å². The van der Waals surface area contributed by atoms with E-state index in [1.54, 1.807) is 6.07 Å². The van der Waals surface area contributed by atoms with Crippen molar-refractivity contribution in [2.45, 2.75) is 20.4 Å². The van der Waals surface area contributed by atoms with E-state index in [0.29, 0.717) is 16.0 Å². The summed E-state index contributed by atoms with van der Waals surface area (Å²) >= 11 is 13.5. The Hall–Kier alpha value is -0.680. The van der Waals surface area contributed by atoms with E-state index in [2.05, 4.69) is 28.8 Å². The van der Waals surface area contributed by atoms with Crippen LogP contribution in [0.1, 0.15) is 18.7 Å². The van der Waals surface area contributed by atoms with Crippen molar-refractivity contribution < 1.29 is 0 Å². The number of hydrogen-bond donors (Lipinski definition) is 1. The van der Waals surface area contributed by atoms with E-state index < -0.39 is 0 Å². The van der Waals surface area contributed by atoms with Gasteiger partial charge in [0.2, 0.25) is 0 Å². The molecule has 0 unspecified atom stereocenters. The monoisotopic (exact) mass is 315 g/mol. The van der Waals surface area contributed by atoms with Gasteiger partial charge in [0.1, 0.15) is 5.69 Å². The van der Waals surface area contributed by atoms with Gasteiger partial charge in [-0.15, -0.1) is 5.10 Å². The van der Waals surface area contributed by atoms with Gasteiger partial charge in [-0.25, -0.2) is 0 Å². The lowest BCUT2D eigenvalue weighted by Crippen LogP contribution is -2.18. The van der Waals surface area contributed by atoms with Crippen LogP contribution in [0, 0.1) is 5.92 Å². The van der Waals surface area contributed by atoms with Gasteiger partial charge in [0.05, 0.1) is 9.90 Å². The minimum absolute atomic E-state index is 0.602. The predicted molar refractivity (Wildman–Crippen MR) is 81.9 cm³/mol. The summed E-state index contributed by atoms with van der Waals surface area (Å²) in [5, 5.41) is 8.79. The molecule has 0 amide bonds. The number of rotatable bonds is 5. The summed E-state index contributed by atoms with van der Waals surface area (Å²) in [6.45, 7) is 6.07. The van der Waals surface area contributed by atoms with Crippen LogP contribution in [0.4, 0.5) is 0 Å². The van der Waals surface area contributed by atoms with Gasteiger partial charge in [-0.05, 0) is 42.2 Å². The van der Waals surface area contributed by atoms with Gasteiger partial charge in [-0.1, -0.05) is 41.5 Å². The molecular weight excluding hydrogens is 301 g/mol. The largest absolute Gasteiger partial charge is 0.311 e. The summed E-state index contributed by atoms with van der Waals surface area (Å²) in [5.41, 5.74) is 1.71. The molecule has 0 fully saturated rings. The van der Waals surface area contributed by atoms with E-state index in [9.17, 15) is 0 Å². The lowest BCUT2D eigenvalue weighted by molar-refractivity contribution is 0.555. The highest BCUT2D eigenvalue weighted by Crippen LogP contribution is 2.32. The predicted octanol–water partition coefficient (Wildman–Crippen LogP) is 4.26. The van der Waals surface area contributed by atoms with Gasteiger partial charge in [0, 0.05) is 17.1 Å². The molecule has 0 aliphatic carbocycles. The Labute approximate surface area is 127 Å². The maximum atomic E-state index is 6.21. The number of aromatic nitrogens is 2. The molecule has 0 spiro atoms.